The van der Waals surface area contributed by atoms with Crippen molar-refractivity contribution in [3.8, 4) is 17.2 Å². The first-order chi connectivity index (χ1) is 20.0. The minimum absolute atomic E-state index is 0.141. The van der Waals surface area contributed by atoms with Gasteiger partial charge in [0.1, 0.15) is 11.9 Å². The molecule has 2 aromatic carbocycles. The van der Waals surface area contributed by atoms with Gasteiger partial charge in [-0.3, -0.25) is 9.59 Å². The van der Waals surface area contributed by atoms with Crippen LogP contribution in [0.4, 0.5) is 16.2 Å². The van der Waals surface area contributed by atoms with Gasteiger partial charge < -0.3 is 44.7 Å². The maximum absolute atomic E-state index is 13.7. The Hall–Kier alpha value is -4.03. The Kier molecular flexibility index (Phi) is 10.1. The predicted octanol–water partition coefficient (Wildman–Crippen LogP) is 3.08. The van der Waals surface area contributed by atoms with Crippen LogP contribution in [-0.2, 0) is 4.79 Å². The summed E-state index contributed by atoms with van der Waals surface area (Å²) in [5.74, 6) is 0.929. The number of amides is 4. The van der Waals surface area contributed by atoms with Gasteiger partial charge in [0.05, 0.1) is 24.8 Å². The molecule has 12 nitrogen and oxygen atoms in total. The summed E-state index contributed by atoms with van der Waals surface area (Å²) >= 11 is 0. The van der Waals surface area contributed by atoms with Gasteiger partial charge in [0.15, 0.2) is 11.5 Å². The van der Waals surface area contributed by atoms with Crippen molar-refractivity contribution in [2.24, 2.45) is 5.92 Å². The largest absolute Gasteiger partial charge is 0.487 e. The highest BCUT2D eigenvalue weighted by atomic mass is 16.7. The molecule has 4 rings (SSSR count). The number of nitrogens with one attached hydrogen (secondary N) is 2. The van der Waals surface area contributed by atoms with Crippen LogP contribution in [0.25, 0.3) is 0 Å². The van der Waals surface area contributed by atoms with E-state index >= 15 is 0 Å². The summed E-state index contributed by atoms with van der Waals surface area (Å²) in [6, 6.07) is 9.39. The summed E-state index contributed by atoms with van der Waals surface area (Å²) in [6.45, 7) is 5.00. The van der Waals surface area contributed by atoms with Crippen LogP contribution in [-0.4, -0.2) is 104 Å². The van der Waals surface area contributed by atoms with E-state index in [0.717, 1.165) is 6.54 Å². The number of fused-ring (bicyclic) bond motifs is 2. The van der Waals surface area contributed by atoms with Gasteiger partial charge in [0.25, 0.3) is 5.91 Å². The van der Waals surface area contributed by atoms with Crippen LogP contribution >= 0.6 is 0 Å². The lowest BCUT2D eigenvalue weighted by Crippen LogP contribution is -2.50. The quantitative estimate of drug-likeness (QED) is 0.389. The smallest absolute Gasteiger partial charge is 0.321 e. The highest BCUT2D eigenvalue weighted by molar-refractivity contribution is 6.00. The molecule has 0 aromatic heterocycles. The zero-order chi connectivity index (χ0) is 30.4. The summed E-state index contributed by atoms with van der Waals surface area (Å²) in [7, 11) is 5.58. The number of carbonyl (C=O) groups excluding carboxylic acids is 3. The Balaban J connectivity index is 1.50. The monoisotopic (exact) mass is 583 g/mol. The second kappa shape index (κ2) is 13.8. The van der Waals surface area contributed by atoms with Crippen molar-refractivity contribution in [3.05, 3.63) is 42.0 Å². The van der Waals surface area contributed by atoms with Crippen molar-refractivity contribution >= 4 is 29.2 Å². The summed E-state index contributed by atoms with van der Waals surface area (Å²) in [5, 5.41) is 15.7. The predicted molar refractivity (Wildman–Crippen MR) is 158 cm³/mol. The van der Waals surface area contributed by atoms with E-state index in [9.17, 15) is 19.5 Å². The lowest BCUT2D eigenvalue weighted by Gasteiger charge is -2.38. The van der Waals surface area contributed by atoms with Gasteiger partial charge >= 0.3 is 6.03 Å². The molecule has 4 amide bonds. The molecule has 2 aromatic rings. The molecule has 0 spiro atoms. The molecule has 0 saturated heterocycles. The van der Waals surface area contributed by atoms with Crippen LogP contribution < -0.4 is 24.8 Å². The molecule has 0 radical (unpaired) electrons. The number of likely N-dealkylation sites (N-methyl/N-ethyl adjacent to an activating group) is 1. The number of aliphatic hydroxyl groups is 1. The number of hydrogen-bond donors (Lipinski definition) is 3. The van der Waals surface area contributed by atoms with Crippen molar-refractivity contribution in [2.75, 3.05) is 64.8 Å². The van der Waals surface area contributed by atoms with E-state index in [0.29, 0.717) is 48.0 Å². The minimum atomic E-state index is -0.468. The van der Waals surface area contributed by atoms with Crippen molar-refractivity contribution in [1.29, 1.82) is 0 Å². The zero-order valence-corrected chi connectivity index (χ0v) is 24.9. The fourth-order valence-corrected chi connectivity index (χ4v) is 4.84. The van der Waals surface area contributed by atoms with Gasteiger partial charge in [0, 0.05) is 43.4 Å². The third-order valence-electron chi connectivity index (χ3n) is 7.38. The number of hydrogen-bond acceptors (Lipinski definition) is 8. The molecule has 0 aliphatic carbocycles. The fraction of sp³-hybridized carbons (Fsp3) is 0.500. The first-order valence-corrected chi connectivity index (χ1v) is 14.1. The zero-order valence-electron chi connectivity index (χ0n) is 24.9. The number of aliphatic hydroxyl groups excluding tert-OH is 1. The summed E-state index contributed by atoms with van der Waals surface area (Å²) in [5.41, 5.74) is 1.34. The van der Waals surface area contributed by atoms with E-state index in [1.165, 1.54) is 4.90 Å². The molecular weight excluding hydrogens is 542 g/mol. The average Bonchev–Trinajstić information content (AvgIpc) is 3.42. The second-order valence-corrected chi connectivity index (χ2v) is 11.2. The van der Waals surface area contributed by atoms with E-state index in [-0.39, 0.29) is 49.3 Å². The maximum Gasteiger partial charge on any atom is 0.321 e. The topological polar surface area (TPSA) is 133 Å². The molecule has 228 valence electrons. The Morgan fingerprint density at radius 3 is 2.45 bits per heavy atom. The molecule has 42 heavy (non-hydrogen) atoms. The van der Waals surface area contributed by atoms with Crippen LogP contribution in [0.15, 0.2) is 36.4 Å². The number of carbonyl (C=O) groups is 3. The van der Waals surface area contributed by atoms with E-state index in [1.807, 2.05) is 25.9 Å². The minimum Gasteiger partial charge on any atom is -0.487 e. The molecule has 0 bridgehead atoms. The summed E-state index contributed by atoms with van der Waals surface area (Å²) in [6.07, 6.45) is 0.598. The average molecular weight is 584 g/mol. The molecular formula is C30H41N5O7. The highest BCUT2D eigenvalue weighted by Gasteiger charge is 2.34. The SMILES string of the molecule is C[C@@H]1CN([C@@H](C)CO)C(=O)c2cc(NC(=O)CCCN(C)C)ccc2O[C@@H]1CN(C)C(=O)Nc1ccc2c(c1)OCO2. The van der Waals surface area contributed by atoms with Crippen LogP contribution in [0.3, 0.4) is 0 Å². The third kappa shape index (κ3) is 7.62. The second-order valence-electron chi connectivity index (χ2n) is 11.2. The lowest BCUT2D eigenvalue weighted by atomic mass is 9.99. The molecule has 0 unspecified atom stereocenters. The van der Waals surface area contributed by atoms with Gasteiger partial charge in [-0.15, -0.1) is 0 Å². The molecule has 2 aliphatic rings. The molecule has 12 heteroatoms. The van der Waals surface area contributed by atoms with Gasteiger partial charge in [-0.2, -0.15) is 0 Å². The number of rotatable bonds is 10. The first-order valence-electron chi connectivity index (χ1n) is 14.1. The summed E-state index contributed by atoms with van der Waals surface area (Å²) < 4.78 is 17.1. The normalized spacial score (nSPS) is 18.5. The Morgan fingerprint density at radius 1 is 1.05 bits per heavy atom. The first kappa shape index (κ1) is 30.9. The lowest BCUT2D eigenvalue weighted by molar-refractivity contribution is -0.116. The van der Waals surface area contributed by atoms with Gasteiger partial charge in [-0.1, -0.05) is 6.92 Å². The van der Waals surface area contributed by atoms with E-state index in [1.54, 1.807) is 55.3 Å². The van der Waals surface area contributed by atoms with E-state index < -0.39 is 12.1 Å². The molecule has 2 aliphatic heterocycles. The summed E-state index contributed by atoms with van der Waals surface area (Å²) in [4.78, 5) is 44.4. The van der Waals surface area contributed by atoms with Gasteiger partial charge in [-0.05, 0) is 64.3 Å². The third-order valence-corrected chi connectivity index (χ3v) is 7.38. The van der Waals surface area contributed by atoms with E-state index in [4.69, 9.17) is 14.2 Å². The molecule has 2 heterocycles. The number of anilines is 2. The Labute approximate surface area is 246 Å². The fourth-order valence-electron chi connectivity index (χ4n) is 4.84. The molecule has 0 fully saturated rings. The van der Waals surface area contributed by atoms with E-state index in [2.05, 4.69) is 10.6 Å². The van der Waals surface area contributed by atoms with Crippen molar-refractivity contribution < 1.29 is 33.7 Å². The highest BCUT2D eigenvalue weighted by Crippen LogP contribution is 2.34. The van der Waals surface area contributed by atoms with Crippen molar-refractivity contribution in [1.82, 2.24) is 14.7 Å². The standard InChI is InChI=1S/C30H41N5O7/c1-19-15-35(20(2)17-36)29(38)23-13-21(31-28(37)7-6-12-33(3)4)8-10-24(23)42-27(19)16-34(5)30(39)32-22-9-11-25-26(14-22)41-18-40-25/h8-11,13-14,19-20,27,36H,6-7,12,15-18H2,1-5H3,(H,31,37)(H,32,39)/t19-,20+,27-/m1/s1. The molecule has 0 saturated carbocycles. The number of urea groups is 1. The number of benzene rings is 2. The van der Waals surface area contributed by atoms with Crippen molar-refractivity contribution in [2.45, 2.75) is 38.8 Å². The molecule has 3 atom stereocenters. The van der Waals surface area contributed by atoms with Gasteiger partial charge in [-0.25, -0.2) is 4.79 Å². The number of ether oxygens (including phenoxy) is 3. The Morgan fingerprint density at radius 2 is 1.74 bits per heavy atom. The van der Waals surface area contributed by atoms with Crippen LogP contribution in [0, 0.1) is 5.92 Å². The Bertz CT molecular complexity index is 1290. The van der Waals surface area contributed by atoms with Crippen LogP contribution in [0.2, 0.25) is 0 Å². The number of nitrogens with zero attached hydrogens (tertiary/aromatic N) is 3. The van der Waals surface area contributed by atoms with Crippen molar-refractivity contribution in [3.63, 3.8) is 0 Å². The maximum atomic E-state index is 13.7. The van der Waals surface area contributed by atoms with Gasteiger partial charge in [0.2, 0.25) is 12.7 Å². The van der Waals surface area contributed by atoms with Crippen LogP contribution in [0.1, 0.15) is 37.0 Å². The molecule has 3 N–H and O–H groups in total. The van der Waals surface area contributed by atoms with Crippen LogP contribution in [0.5, 0.6) is 17.2 Å².